The highest BCUT2D eigenvalue weighted by Gasteiger charge is 2.17. The third kappa shape index (κ3) is 4.91. The Morgan fingerprint density at radius 2 is 2.00 bits per heavy atom. The summed E-state index contributed by atoms with van der Waals surface area (Å²) in [5.74, 6) is 0. The van der Waals surface area contributed by atoms with Gasteiger partial charge in [-0.15, -0.1) is 0 Å². The average Bonchev–Trinajstić information content (AvgIpc) is 2.15. The van der Waals surface area contributed by atoms with E-state index in [9.17, 15) is 4.39 Å². The van der Waals surface area contributed by atoms with E-state index in [0.29, 0.717) is 18.9 Å². The van der Waals surface area contributed by atoms with Gasteiger partial charge in [0, 0.05) is 26.2 Å². The zero-order chi connectivity index (χ0) is 10.4. The van der Waals surface area contributed by atoms with Crippen molar-refractivity contribution in [1.29, 1.82) is 0 Å². The van der Waals surface area contributed by atoms with Crippen LogP contribution in [0.25, 0.3) is 0 Å². The molecule has 1 aliphatic rings. The first-order chi connectivity index (χ1) is 6.68. The van der Waals surface area contributed by atoms with Crippen molar-refractivity contribution in [2.75, 3.05) is 26.2 Å². The first kappa shape index (κ1) is 11.9. The Hall–Kier alpha value is -0.150. The van der Waals surface area contributed by atoms with Crippen molar-refractivity contribution in [3.63, 3.8) is 0 Å². The fraction of sp³-hybridized carbons (Fsp3) is 1.00. The van der Waals surface area contributed by atoms with Gasteiger partial charge >= 0.3 is 0 Å². The van der Waals surface area contributed by atoms with Crippen LogP contribution in [0.2, 0.25) is 0 Å². The second-order valence-corrected chi connectivity index (χ2v) is 4.29. The maximum absolute atomic E-state index is 12.8. The van der Waals surface area contributed by atoms with E-state index >= 15 is 0 Å². The third-order valence-corrected chi connectivity index (χ3v) is 2.59. The van der Waals surface area contributed by atoms with Crippen LogP contribution in [0.1, 0.15) is 33.1 Å². The van der Waals surface area contributed by atoms with Gasteiger partial charge in [-0.25, -0.2) is 4.39 Å². The molecule has 0 spiro atoms. The van der Waals surface area contributed by atoms with Crippen LogP contribution in [0.15, 0.2) is 0 Å². The molecular weight excluding hydrogens is 181 g/mol. The van der Waals surface area contributed by atoms with Gasteiger partial charge in [-0.05, 0) is 33.1 Å². The van der Waals surface area contributed by atoms with Crippen molar-refractivity contribution in [2.45, 2.75) is 45.4 Å². The number of alkyl halides is 1. The van der Waals surface area contributed by atoms with Crippen LogP contribution in [-0.2, 0) is 4.74 Å². The Bertz CT molecular complexity index is 144. The van der Waals surface area contributed by atoms with E-state index in [-0.39, 0.29) is 0 Å². The van der Waals surface area contributed by atoms with Gasteiger partial charge in [0.05, 0.1) is 6.10 Å². The van der Waals surface area contributed by atoms with Gasteiger partial charge in [0.25, 0.3) is 0 Å². The van der Waals surface area contributed by atoms with Crippen molar-refractivity contribution < 1.29 is 9.13 Å². The third-order valence-electron chi connectivity index (χ3n) is 2.59. The molecule has 0 aromatic heterocycles. The van der Waals surface area contributed by atoms with Gasteiger partial charge in [0.15, 0.2) is 0 Å². The lowest BCUT2D eigenvalue weighted by molar-refractivity contribution is 0.0657. The van der Waals surface area contributed by atoms with Crippen molar-refractivity contribution in [1.82, 2.24) is 4.90 Å². The highest BCUT2D eigenvalue weighted by atomic mass is 19.1. The van der Waals surface area contributed by atoms with Gasteiger partial charge in [-0.2, -0.15) is 0 Å². The van der Waals surface area contributed by atoms with Gasteiger partial charge in [-0.1, -0.05) is 0 Å². The highest BCUT2D eigenvalue weighted by molar-refractivity contribution is 4.70. The zero-order valence-corrected chi connectivity index (χ0v) is 9.34. The smallest absolute Gasteiger partial charge is 0.103 e. The van der Waals surface area contributed by atoms with Crippen LogP contribution in [0.4, 0.5) is 4.39 Å². The highest BCUT2D eigenvalue weighted by Crippen LogP contribution is 2.13. The molecule has 0 atom stereocenters. The van der Waals surface area contributed by atoms with Crippen LogP contribution < -0.4 is 0 Å². The van der Waals surface area contributed by atoms with E-state index in [2.05, 4.69) is 18.7 Å². The molecule has 0 unspecified atom stereocenters. The summed E-state index contributed by atoms with van der Waals surface area (Å²) in [5, 5.41) is 0. The lowest BCUT2D eigenvalue weighted by atomic mass is 10.1. The summed E-state index contributed by atoms with van der Waals surface area (Å²) in [6.07, 6.45) is 2.26. The van der Waals surface area contributed by atoms with Crippen molar-refractivity contribution in [3.8, 4) is 0 Å². The molecule has 0 radical (unpaired) electrons. The summed E-state index contributed by atoms with van der Waals surface area (Å²) in [4.78, 5) is 2.33. The minimum absolute atomic E-state index is 0.326. The molecule has 0 aliphatic carbocycles. The van der Waals surface area contributed by atoms with Crippen molar-refractivity contribution in [2.24, 2.45) is 0 Å². The number of likely N-dealkylation sites (tertiary alicyclic amines) is 1. The molecule has 0 aromatic carbocycles. The summed E-state index contributed by atoms with van der Waals surface area (Å²) in [5.41, 5.74) is 0. The molecule has 0 bridgehead atoms. The summed E-state index contributed by atoms with van der Waals surface area (Å²) >= 11 is 0. The summed E-state index contributed by atoms with van der Waals surface area (Å²) in [6.45, 7) is 7.82. The summed E-state index contributed by atoms with van der Waals surface area (Å²) < 4.78 is 18.3. The van der Waals surface area contributed by atoms with Crippen LogP contribution >= 0.6 is 0 Å². The number of ether oxygens (including phenoxy) is 1. The summed E-state index contributed by atoms with van der Waals surface area (Å²) in [6, 6.07) is 0. The quantitative estimate of drug-likeness (QED) is 0.635. The Morgan fingerprint density at radius 3 is 2.57 bits per heavy atom. The average molecular weight is 203 g/mol. The SMILES string of the molecule is CC(C)OCCCN1CCC(F)CC1. The molecule has 1 rings (SSSR count). The Labute approximate surface area is 86.4 Å². The van der Waals surface area contributed by atoms with Crippen LogP contribution in [0.3, 0.4) is 0 Å². The van der Waals surface area contributed by atoms with Crippen molar-refractivity contribution >= 4 is 0 Å². The summed E-state index contributed by atoms with van der Waals surface area (Å²) in [7, 11) is 0. The second kappa shape index (κ2) is 6.36. The number of piperidine rings is 1. The molecule has 0 aromatic rings. The van der Waals surface area contributed by atoms with Crippen molar-refractivity contribution in [3.05, 3.63) is 0 Å². The van der Waals surface area contributed by atoms with E-state index in [4.69, 9.17) is 4.74 Å². The Kier molecular flexibility index (Phi) is 5.41. The molecular formula is C11H22FNO. The number of nitrogens with zero attached hydrogens (tertiary/aromatic N) is 1. The van der Waals surface area contributed by atoms with E-state index in [1.54, 1.807) is 0 Å². The van der Waals surface area contributed by atoms with Crippen LogP contribution in [0.5, 0.6) is 0 Å². The molecule has 1 saturated heterocycles. The standard InChI is InChI=1S/C11H22FNO/c1-10(2)14-9-3-6-13-7-4-11(12)5-8-13/h10-11H,3-9H2,1-2H3. The topological polar surface area (TPSA) is 12.5 Å². The first-order valence-corrected chi connectivity index (χ1v) is 5.66. The number of halogens is 1. The molecule has 14 heavy (non-hydrogen) atoms. The predicted octanol–water partition coefficient (Wildman–Crippen LogP) is 2.24. The largest absolute Gasteiger partial charge is 0.379 e. The molecule has 84 valence electrons. The predicted molar refractivity (Wildman–Crippen MR) is 56.3 cm³/mol. The molecule has 3 heteroatoms. The number of rotatable bonds is 5. The molecule has 0 saturated carbocycles. The van der Waals surface area contributed by atoms with E-state index < -0.39 is 6.17 Å². The normalized spacial score (nSPS) is 20.6. The zero-order valence-electron chi connectivity index (χ0n) is 9.34. The molecule has 0 amide bonds. The number of hydrogen-bond acceptors (Lipinski definition) is 2. The van der Waals surface area contributed by atoms with Crippen LogP contribution in [0, 0.1) is 0 Å². The molecule has 1 fully saturated rings. The van der Waals surface area contributed by atoms with Gasteiger partial charge in [0.1, 0.15) is 6.17 Å². The minimum atomic E-state index is -0.557. The fourth-order valence-corrected chi connectivity index (χ4v) is 1.73. The molecule has 1 heterocycles. The van der Waals surface area contributed by atoms with Gasteiger partial charge < -0.3 is 9.64 Å². The Balaban J connectivity index is 1.96. The molecule has 1 aliphatic heterocycles. The van der Waals surface area contributed by atoms with E-state index in [1.165, 1.54) is 0 Å². The lowest BCUT2D eigenvalue weighted by Gasteiger charge is -2.28. The minimum Gasteiger partial charge on any atom is -0.379 e. The fourth-order valence-electron chi connectivity index (χ4n) is 1.73. The van der Waals surface area contributed by atoms with E-state index in [0.717, 1.165) is 32.7 Å². The van der Waals surface area contributed by atoms with E-state index in [1.807, 2.05) is 0 Å². The monoisotopic (exact) mass is 203 g/mol. The van der Waals surface area contributed by atoms with Crippen LogP contribution in [-0.4, -0.2) is 43.4 Å². The first-order valence-electron chi connectivity index (χ1n) is 5.66. The molecule has 0 N–H and O–H groups in total. The van der Waals surface area contributed by atoms with Gasteiger partial charge in [-0.3, -0.25) is 0 Å². The maximum Gasteiger partial charge on any atom is 0.103 e. The number of hydrogen-bond donors (Lipinski definition) is 0. The second-order valence-electron chi connectivity index (χ2n) is 4.29. The van der Waals surface area contributed by atoms with Gasteiger partial charge in [0.2, 0.25) is 0 Å². The maximum atomic E-state index is 12.8. The lowest BCUT2D eigenvalue weighted by Crippen LogP contribution is -2.35. The molecule has 2 nitrogen and oxygen atoms in total. The Morgan fingerprint density at radius 1 is 1.36 bits per heavy atom.